The van der Waals surface area contributed by atoms with Gasteiger partial charge in [-0.1, -0.05) is 0 Å². The summed E-state index contributed by atoms with van der Waals surface area (Å²) in [6, 6.07) is 6.21. The fourth-order valence-corrected chi connectivity index (χ4v) is 1.81. The van der Waals surface area contributed by atoms with Crippen LogP contribution in [-0.4, -0.2) is 11.0 Å². The average molecular weight is 234 g/mol. The second kappa shape index (κ2) is 4.24. The maximum Gasteiger partial charge on any atom is 0.255 e. The average Bonchev–Trinajstić information content (AvgIpc) is 2.74. The van der Waals surface area contributed by atoms with Crippen molar-refractivity contribution in [3.63, 3.8) is 0 Å². The van der Waals surface area contributed by atoms with Gasteiger partial charge in [-0.15, -0.1) is 0 Å². The first-order chi connectivity index (χ1) is 7.66. The molecule has 1 amide bonds. The highest BCUT2D eigenvalue weighted by atomic mass is 32.1. The van der Waals surface area contributed by atoms with Crippen molar-refractivity contribution in [2.75, 3.05) is 11.1 Å². The first-order valence-corrected chi connectivity index (χ1v) is 5.53. The summed E-state index contributed by atoms with van der Waals surface area (Å²) in [6.07, 6.45) is 0. The molecular formula is C11H10N2O2S. The molecular weight excluding hydrogens is 224 g/mol. The molecule has 2 aromatic rings. The zero-order valence-electron chi connectivity index (χ0n) is 8.31. The van der Waals surface area contributed by atoms with Gasteiger partial charge in [0, 0.05) is 10.9 Å². The van der Waals surface area contributed by atoms with Crippen LogP contribution in [0.4, 0.5) is 11.4 Å². The minimum absolute atomic E-state index is 0.0852. The van der Waals surface area contributed by atoms with Crippen LogP contribution >= 0.6 is 11.3 Å². The second-order valence-electron chi connectivity index (χ2n) is 3.24. The van der Waals surface area contributed by atoms with Crippen molar-refractivity contribution < 1.29 is 9.90 Å². The van der Waals surface area contributed by atoms with E-state index in [0.717, 1.165) is 5.69 Å². The molecule has 0 aliphatic carbocycles. The zero-order valence-corrected chi connectivity index (χ0v) is 9.12. The van der Waals surface area contributed by atoms with Crippen molar-refractivity contribution in [2.24, 2.45) is 0 Å². The molecule has 0 saturated carbocycles. The Morgan fingerprint density at radius 3 is 2.81 bits per heavy atom. The van der Waals surface area contributed by atoms with Gasteiger partial charge < -0.3 is 16.2 Å². The molecule has 0 unspecified atom stereocenters. The number of carbonyl (C=O) groups excluding carboxylic acids is 1. The maximum atomic E-state index is 11.7. The van der Waals surface area contributed by atoms with Crippen molar-refractivity contribution in [1.82, 2.24) is 0 Å². The Morgan fingerprint density at radius 1 is 1.38 bits per heavy atom. The molecule has 0 saturated heterocycles. The molecule has 0 atom stereocenters. The quantitative estimate of drug-likeness (QED) is 0.551. The largest absolute Gasteiger partial charge is 0.506 e. The molecule has 0 fully saturated rings. The molecule has 4 nitrogen and oxygen atoms in total. The van der Waals surface area contributed by atoms with Crippen LogP contribution in [0.1, 0.15) is 10.4 Å². The summed E-state index contributed by atoms with van der Waals surface area (Å²) in [4.78, 5) is 11.7. The van der Waals surface area contributed by atoms with Crippen LogP contribution in [0.3, 0.4) is 0 Å². The van der Waals surface area contributed by atoms with E-state index in [0.29, 0.717) is 5.56 Å². The van der Waals surface area contributed by atoms with Crippen LogP contribution in [0.2, 0.25) is 0 Å². The fraction of sp³-hybridized carbons (Fsp3) is 0. The third-order valence-corrected chi connectivity index (χ3v) is 2.75. The third kappa shape index (κ3) is 2.14. The third-order valence-electron chi connectivity index (χ3n) is 2.07. The molecule has 16 heavy (non-hydrogen) atoms. The number of benzene rings is 1. The summed E-state index contributed by atoms with van der Waals surface area (Å²) in [5, 5.41) is 15.8. The lowest BCUT2D eigenvalue weighted by molar-refractivity contribution is 0.102. The van der Waals surface area contributed by atoms with Crippen LogP contribution < -0.4 is 11.1 Å². The van der Waals surface area contributed by atoms with Crippen LogP contribution in [0.5, 0.6) is 5.75 Å². The first-order valence-electron chi connectivity index (χ1n) is 4.59. The number of carbonyl (C=O) groups is 1. The Bertz CT molecular complexity index is 509. The number of rotatable bonds is 2. The van der Waals surface area contributed by atoms with Crippen molar-refractivity contribution in [3.8, 4) is 5.75 Å². The summed E-state index contributed by atoms with van der Waals surface area (Å²) in [7, 11) is 0. The van der Waals surface area contributed by atoms with Crippen molar-refractivity contribution >= 4 is 28.6 Å². The summed E-state index contributed by atoms with van der Waals surface area (Å²) in [6.45, 7) is 0. The van der Waals surface area contributed by atoms with Gasteiger partial charge in [0.2, 0.25) is 0 Å². The number of phenolic OH excluding ortho intramolecular Hbond substituents is 1. The molecule has 0 aliphatic heterocycles. The number of nitrogens with one attached hydrogen (secondary N) is 1. The van der Waals surface area contributed by atoms with E-state index in [1.807, 2.05) is 10.8 Å². The molecule has 2 rings (SSSR count). The minimum atomic E-state index is -0.270. The number of nitrogen functional groups attached to an aromatic ring is 1. The number of phenols is 1. The molecule has 0 radical (unpaired) electrons. The number of hydrogen-bond donors (Lipinski definition) is 3. The number of thiophene rings is 1. The van der Waals surface area contributed by atoms with Gasteiger partial charge >= 0.3 is 0 Å². The monoisotopic (exact) mass is 234 g/mol. The van der Waals surface area contributed by atoms with E-state index in [2.05, 4.69) is 5.32 Å². The highest BCUT2D eigenvalue weighted by Gasteiger charge is 2.08. The van der Waals surface area contributed by atoms with E-state index < -0.39 is 0 Å². The number of anilines is 2. The van der Waals surface area contributed by atoms with Gasteiger partial charge in [0.15, 0.2) is 0 Å². The van der Waals surface area contributed by atoms with Crippen molar-refractivity contribution in [3.05, 3.63) is 40.6 Å². The van der Waals surface area contributed by atoms with Crippen LogP contribution in [0.25, 0.3) is 0 Å². The Morgan fingerprint density at radius 2 is 2.19 bits per heavy atom. The number of hydrogen-bond acceptors (Lipinski definition) is 4. The lowest BCUT2D eigenvalue weighted by Gasteiger charge is -2.04. The molecule has 4 N–H and O–H groups in total. The van der Waals surface area contributed by atoms with Gasteiger partial charge in [-0.3, -0.25) is 4.79 Å². The van der Waals surface area contributed by atoms with Gasteiger partial charge in [0.1, 0.15) is 5.75 Å². The topological polar surface area (TPSA) is 75.4 Å². The van der Waals surface area contributed by atoms with Crippen molar-refractivity contribution in [1.29, 1.82) is 0 Å². The fourth-order valence-electron chi connectivity index (χ4n) is 1.22. The molecule has 1 aromatic carbocycles. The minimum Gasteiger partial charge on any atom is -0.506 e. The zero-order chi connectivity index (χ0) is 11.5. The predicted octanol–water partition coefficient (Wildman–Crippen LogP) is 2.29. The Labute approximate surface area is 96.3 Å². The van der Waals surface area contributed by atoms with E-state index in [1.54, 1.807) is 12.1 Å². The van der Waals surface area contributed by atoms with Gasteiger partial charge in [0.05, 0.1) is 11.4 Å². The van der Waals surface area contributed by atoms with E-state index in [1.165, 1.54) is 23.5 Å². The summed E-state index contributed by atoms with van der Waals surface area (Å²) in [5.41, 5.74) is 6.82. The Hall–Kier alpha value is -2.01. The molecule has 0 bridgehead atoms. The molecule has 1 aromatic heterocycles. The molecule has 5 heteroatoms. The van der Waals surface area contributed by atoms with Crippen LogP contribution in [-0.2, 0) is 0 Å². The SMILES string of the molecule is Nc1ccc(C(=O)Nc2ccsc2)cc1O. The van der Waals surface area contributed by atoms with Gasteiger partial charge in [-0.2, -0.15) is 11.3 Å². The summed E-state index contributed by atoms with van der Waals surface area (Å²) in [5.74, 6) is -0.355. The molecule has 0 aliphatic rings. The Kier molecular flexibility index (Phi) is 2.78. The number of nitrogens with two attached hydrogens (primary N) is 1. The molecule has 1 heterocycles. The smallest absolute Gasteiger partial charge is 0.255 e. The Balaban J connectivity index is 2.18. The van der Waals surface area contributed by atoms with Crippen LogP contribution in [0.15, 0.2) is 35.0 Å². The van der Waals surface area contributed by atoms with E-state index >= 15 is 0 Å². The van der Waals surface area contributed by atoms with E-state index in [-0.39, 0.29) is 17.3 Å². The van der Waals surface area contributed by atoms with Gasteiger partial charge in [-0.05, 0) is 29.6 Å². The predicted molar refractivity (Wildman–Crippen MR) is 64.8 cm³/mol. The summed E-state index contributed by atoms with van der Waals surface area (Å²) >= 11 is 1.50. The van der Waals surface area contributed by atoms with Crippen LogP contribution in [0, 0.1) is 0 Å². The highest BCUT2D eigenvalue weighted by molar-refractivity contribution is 7.08. The number of aromatic hydroxyl groups is 1. The second-order valence-corrected chi connectivity index (χ2v) is 4.02. The molecule has 82 valence electrons. The maximum absolute atomic E-state index is 11.7. The number of amides is 1. The van der Waals surface area contributed by atoms with Crippen molar-refractivity contribution in [2.45, 2.75) is 0 Å². The lowest BCUT2D eigenvalue weighted by Crippen LogP contribution is -2.11. The molecule has 0 spiro atoms. The van der Waals surface area contributed by atoms with Gasteiger partial charge in [-0.25, -0.2) is 0 Å². The van der Waals surface area contributed by atoms with E-state index in [9.17, 15) is 9.90 Å². The first kappa shape index (κ1) is 10.5. The lowest BCUT2D eigenvalue weighted by atomic mass is 10.2. The normalized spacial score (nSPS) is 10.0. The van der Waals surface area contributed by atoms with E-state index in [4.69, 9.17) is 5.73 Å². The highest BCUT2D eigenvalue weighted by Crippen LogP contribution is 2.21. The van der Waals surface area contributed by atoms with Gasteiger partial charge in [0.25, 0.3) is 5.91 Å². The summed E-state index contributed by atoms with van der Waals surface area (Å²) < 4.78 is 0. The standard InChI is InChI=1S/C11H10N2O2S/c12-9-2-1-7(5-10(9)14)11(15)13-8-3-4-16-6-8/h1-6,14H,12H2,(H,13,15).